The Kier molecular flexibility index (Phi) is 5.45. The van der Waals surface area contributed by atoms with Crippen LogP contribution in [-0.4, -0.2) is 15.9 Å². The van der Waals surface area contributed by atoms with Crippen molar-refractivity contribution in [2.45, 2.75) is 26.2 Å². The summed E-state index contributed by atoms with van der Waals surface area (Å²) in [6.45, 7) is 4.11. The lowest BCUT2D eigenvalue weighted by Gasteiger charge is -2.13. The Balaban J connectivity index is 1.78. The molecule has 2 aromatic carbocycles. The van der Waals surface area contributed by atoms with Gasteiger partial charge in [0, 0.05) is 16.0 Å². The summed E-state index contributed by atoms with van der Waals surface area (Å²) in [5, 5.41) is 4.96. The fourth-order valence-corrected chi connectivity index (χ4v) is 3.43. The number of nitrogens with zero attached hydrogens (tertiary/aromatic N) is 3. The van der Waals surface area contributed by atoms with Crippen LogP contribution in [0.5, 0.6) is 0 Å². The van der Waals surface area contributed by atoms with Gasteiger partial charge in [-0.25, -0.2) is 4.98 Å². The van der Waals surface area contributed by atoms with Gasteiger partial charge >= 0.3 is 0 Å². The Labute approximate surface area is 176 Å². The molecule has 0 aliphatic heterocycles. The maximum atomic E-state index is 13.1. The molecule has 0 saturated carbocycles. The minimum absolute atomic E-state index is 0.0874. The van der Waals surface area contributed by atoms with E-state index >= 15 is 0 Å². The van der Waals surface area contributed by atoms with Crippen LogP contribution in [0.2, 0.25) is 0 Å². The zero-order chi connectivity index (χ0) is 20.4. The molecule has 0 aliphatic carbocycles. The molecule has 6 heteroatoms. The maximum absolute atomic E-state index is 13.1. The molecule has 0 radical (unpaired) electrons. The van der Waals surface area contributed by atoms with Crippen molar-refractivity contribution in [1.29, 1.82) is 0 Å². The van der Waals surface area contributed by atoms with E-state index in [1.165, 1.54) is 4.68 Å². The molecule has 2 aromatic heterocycles. The Morgan fingerprint density at radius 1 is 1.17 bits per heavy atom. The molecule has 2 heterocycles. The molecule has 0 unspecified atom stereocenters. The minimum atomic E-state index is -0.197. The molecule has 1 atom stereocenters. The van der Waals surface area contributed by atoms with Crippen molar-refractivity contribution < 1.29 is 4.42 Å². The zero-order valence-electron chi connectivity index (χ0n) is 16.2. The predicted octanol–water partition coefficient (Wildman–Crippen LogP) is 5.81. The molecular formula is C23H20BrN3O2. The summed E-state index contributed by atoms with van der Waals surface area (Å²) < 4.78 is 8.08. The maximum Gasteiger partial charge on any atom is 0.282 e. The third-order valence-corrected chi connectivity index (χ3v) is 5.37. The van der Waals surface area contributed by atoms with Gasteiger partial charge in [-0.3, -0.25) is 4.79 Å². The second-order valence-electron chi connectivity index (χ2n) is 6.87. The van der Waals surface area contributed by atoms with Gasteiger partial charge in [-0.05, 0) is 36.8 Å². The van der Waals surface area contributed by atoms with Crippen LogP contribution in [-0.2, 0) is 0 Å². The zero-order valence-corrected chi connectivity index (χ0v) is 17.8. The SMILES string of the molecule is CC[C@H](C)c1nc2ccc(Br)cc2c(=O)n1N=Cc1ccc(-c2ccccc2)o1. The Hall–Kier alpha value is -2.99. The number of hydrogen-bond donors (Lipinski definition) is 0. The van der Waals surface area contributed by atoms with Crippen molar-refractivity contribution in [1.82, 2.24) is 9.66 Å². The monoisotopic (exact) mass is 449 g/mol. The molecular weight excluding hydrogens is 430 g/mol. The molecule has 0 amide bonds. The number of halogens is 1. The molecule has 5 nitrogen and oxygen atoms in total. The first-order chi connectivity index (χ1) is 14.1. The van der Waals surface area contributed by atoms with E-state index in [0.29, 0.717) is 22.5 Å². The average molecular weight is 450 g/mol. The molecule has 0 N–H and O–H groups in total. The van der Waals surface area contributed by atoms with Crippen molar-refractivity contribution in [2.24, 2.45) is 5.10 Å². The summed E-state index contributed by atoms with van der Waals surface area (Å²) in [6, 6.07) is 19.1. The second-order valence-corrected chi connectivity index (χ2v) is 7.79. The summed E-state index contributed by atoms with van der Waals surface area (Å²) in [4.78, 5) is 17.8. The molecule has 0 spiro atoms. The molecule has 0 aliphatic rings. The summed E-state index contributed by atoms with van der Waals surface area (Å²) in [5.41, 5.74) is 1.46. The first-order valence-corrected chi connectivity index (χ1v) is 10.3. The molecule has 0 saturated heterocycles. The highest BCUT2D eigenvalue weighted by Crippen LogP contribution is 2.22. The fraction of sp³-hybridized carbons (Fsp3) is 0.174. The summed E-state index contributed by atoms with van der Waals surface area (Å²) >= 11 is 3.42. The average Bonchev–Trinajstić information content (AvgIpc) is 3.22. The number of benzene rings is 2. The number of furan rings is 1. The van der Waals surface area contributed by atoms with E-state index in [0.717, 1.165) is 22.2 Å². The van der Waals surface area contributed by atoms with Crippen molar-refractivity contribution in [3.63, 3.8) is 0 Å². The van der Waals surface area contributed by atoms with E-state index in [4.69, 9.17) is 9.40 Å². The number of aromatic nitrogens is 2. The topological polar surface area (TPSA) is 60.4 Å². The molecule has 146 valence electrons. The van der Waals surface area contributed by atoms with Crippen LogP contribution < -0.4 is 5.56 Å². The van der Waals surface area contributed by atoms with Crippen LogP contribution in [0.15, 0.2) is 79.4 Å². The Morgan fingerprint density at radius 2 is 1.97 bits per heavy atom. The van der Waals surface area contributed by atoms with Gasteiger partial charge in [0.2, 0.25) is 0 Å². The van der Waals surface area contributed by atoms with E-state index in [-0.39, 0.29) is 11.5 Å². The van der Waals surface area contributed by atoms with E-state index in [1.54, 1.807) is 12.3 Å². The molecule has 4 rings (SSSR count). The minimum Gasteiger partial charge on any atom is -0.455 e. The van der Waals surface area contributed by atoms with Gasteiger partial charge in [0.25, 0.3) is 5.56 Å². The van der Waals surface area contributed by atoms with E-state index in [1.807, 2.05) is 61.5 Å². The van der Waals surface area contributed by atoms with Crippen LogP contribution >= 0.6 is 15.9 Å². The third-order valence-electron chi connectivity index (χ3n) is 4.87. The van der Waals surface area contributed by atoms with Crippen molar-refractivity contribution in [2.75, 3.05) is 0 Å². The normalized spacial score (nSPS) is 12.7. The predicted molar refractivity (Wildman–Crippen MR) is 120 cm³/mol. The van der Waals surface area contributed by atoms with Gasteiger partial charge in [-0.2, -0.15) is 9.78 Å². The van der Waals surface area contributed by atoms with Crippen LogP contribution in [0.25, 0.3) is 22.2 Å². The summed E-state index contributed by atoms with van der Waals surface area (Å²) in [6.07, 6.45) is 2.41. The van der Waals surface area contributed by atoms with Crippen LogP contribution in [0, 0.1) is 0 Å². The quantitative estimate of drug-likeness (QED) is 0.361. The second kappa shape index (κ2) is 8.17. The first-order valence-electron chi connectivity index (χ1n) is 9.48. The molecule has 4 aromatic rings. The molecule has 0 bridgehead atoms. The highest BCUT2D eigenvalue weighted by molar-refractivity contribution is 9.10. The van der Waals surface area contributed by atoms with Gasteiger partial charge in [0.15, 0.2) is 0 Å². The van der Waals surface area contributed by atoms with Gasteiger partial charge in [0.1, 0.15) is 17.3 Å². The Morgan fingerprint density at radius 3 is 2.72 bits per heavy atom. The van der Waals surface area contributed by atoms with Crippen LogP contribution in [0.3, 0.4) is 0 Å². The molecule has 0 fully saturated rings. The summed E-state index contributed by atoms with van der Waals surface area (Å²) in [5.74, 6) is 2.05. The van der Waals surface area contributed by atoms with Crippen molar-refractivity contribution in [3.8, 4) is 11.3 Å². The molecule has 29 heavy (non-hydrogen) atoms. The standard InChI is InChI=1S/C23H20BrN3O2/c1-3-15(2)22-26-20-11-9-17(24)13-19(20)23(28)27(22)25-14-18-10-12-21(29-18)16-7-5-4-6-8-16/h4-15H,3H2,1-2H3/t15-/m0/s1. The highest BCUT2D eigenvalue weighted by Gasteiger charge is 2.15. The smallest absolute Gasteiger partial charge is 0.282 e. The lowest BCUT2D eigenvalue weighted by atomic mass is 10.1. The number of rotatable bonds is 5. The van der Waals surface area contributed by atoms with Gasteiger partial charge < -0.3 is 4.42 Å². The van der Waals surface area contributed by atoms with E-state index in [9.17, 15) is 4.79 Å². The largest absolute Gasteiger partial charge is 0.455 e. The fourth-order valence-electron chi connectivity index (χ4n) is 3.07. The highest BCUT2D eigenvalue weighted by atomic mass is 79.9. The van der Waals surface area contributed by atoms with E-state index in [2.05, 4.69) is 28.0 Å². The Bertz CT molecular complexity index is 1240. The van der Waals surface area contributed by atoms with Gasteiger partial charge in [-0.1, -0.05) is 60.1 Å². The van der Waals surface area contributed by atoms with Gasteiger partial charge in [-0.15, -0.1) is 0 Å². The van der Waals surface area contributed by atoms with Gasteiger partial charge in [0.05, 0.1) is 17.1 Å². The van der Waals surface area contributed by atoms with Crippen molar-refractivity contribution in [3.05, 3.63) is 87.1 Å². The first kappa shape index (κ1) is 19.3. The van der Waals surface area contributed by atoms with Crippen LogP contribution in [0.4, 0.5) is 0 Å². The number of hydrogen-bond acceptors (Lipinski definition) is 4. The van der Waals surface area contributed by atoms with Crippen LogP contribution in [0.1, 0.15) is 37.8 Å². The third kappa shape index (κ3) is 3.93. The lowest BCUT2D eigenvalue weighted by molar-refractivity contribution is 0.571. The summed E-state index contributed by atoms with van der Waals surface area (Å²) in [7, 11) is 0. The van der Waals surface area contributed by atoms with E-state index < -0.39 is 0 Å². The van der Waals surface area contributed by atoms with Crippen molar-refractivity contribution >= 4 is 33.0 Å². The number of fused-ring (bicyclic) bond motifs is 1. The lowest BCUT2D eigenvalue weighted by Crippen LogP contribution is -2.23.